The van der Waals surface area contributed by atoms with E-state index < -0.39 is 39.5 Å². The van der Waals surface area contributed by atoms with Crippen molar-refractivity contribution in [2.45, 2.75) is 185 Å². The summed E-state index contributed by atoms with van der Waals surface area (Å²) >= 11 is 30.5. The van der Waals surface area contributed by atoms with Crippen molar-refractivity contribution < 1.29 is 13.9 Å². The number of carbonyl (C=O) groups is 1. The number of anilines is 5. The van der Waals surface area contributed by atoms with Crippen LogP contribution in [0.5, 0.6) is 5.75 Å². The van der Waals surface area contributed by atoms with Crippen LogP contribution in [0.25, 0.3) is 104 Å². The Labute approximate surface area is 1000 Å². The third-order valence-corrected chi connectivity index (χ3v) is 50.7. The van der Waals surface area contributed by atoms with Gasteiger partial charge in [0.15, 0.2) is 0 Å². The Morgan fingerprint density at radius 1 is 0.378 bits per heavy atom. The number of fused-ring (bicyclic) bond motifs is 5. The molecule has 18 rings (SSSR count). The Morgan fingerprint density at radius 3 is 0.953 bits per heavy atom. The number of halogens is 8. The molecule has 7 N–H and O–H groups in total. The molecule has 5 aromatic heterocycles. The summed E-state index contributed by atoms with van der Waals surface area (Å²) in [6.07, 6.45) is 18.7. The first-order valence-electron chi connectivity index (χ1n) is 49.3. The molecule has 0 aliphatic rings. The predicted octanol–water partition coefficient (Wildman–Crippen LogP) is 40.8. The summed E-state index contributed by atoms with van der Waals surface area (Å²) in [6, 6.07) is 92.9. The minimum atomic E-state index is -0.839. The van der Waals surface area contributed by atoms with Crippen LogP contribution in [-0.4, -0.2) is 113 Å². The Morgan fingerprint density at radius 2 is 0.655 bits per heavy atom. The Bertz CT molecular complexity index is 6460. The Hall–Kier alpha value is -6.02. The van der Waals surface area contributed by atoms with E-state index in [1.54, 1.807) is 108 Å². The van der Waals surface area contributed by atoms with E-state index in [1.807, 2.05) is 82.7 Å². The number of hydrogen-bond acceptors (Lipinski definition) is 19. The second kappa shape index (κ2) is 73.4. The van der Waals surface area contributed by atoms with Gasteiger partial charge in [-0.3, -0.25) is 4.79 Å². The van der Waals surface area contributed by atoms with Crippen molar-refractivity contribution >= 4 is 333 Å². The Kier molecular flexibility index (Phi) is 64.8. The van der Waals surface area contributed by atoms with Crippen LogP contribution >= 0.6 is 207 Å². The van der Waals surface area contributed by atoms with E-state index in [0.29, 0.717) is 17.9 Å². The molecule has 0 unspecified atom stereocenters. The van der Waals surface area contributed by atoms with Crippen LogP contribution in [0.15, 0.2) is 297 Å². The fourth-order valence-corrected chi connectivity index (χ4v) is 42.1. The van der Waals surface area contributed by atoms with E-state index in [4.69, 9.17) is 10.7 Å². The van der Waals surface area contributed by atoms with E-state index in [9.17, 15) is 9.18 Å². The van der Waals surface area contributed by atoms with Crippen molar-refractivity contribution in [3.8, 4) is 58.6 Å². The van der Waals surface area contributed by atoms with Crippen LogP contribution in [0.2, 0.25) is 26.6 Å². The third-order valence-electron chi connectivity index (χ3n) is 22.5. The van der Waals surface area contributed by atoms with Crippen molar-refractivity contribution in [1.29, 1.82) is 0 Å². The summed E-state index contributed by atoms with van der Waals surface area (Å²) in [4.78, 5) is 36.1. The molecular weight excluding hydrogens is 2810 g/mol. The third kappa shape index (κ3) is 46.6. The molecule has 0 aliphatic carbocycles. The number of hydrogen-bond donors (Lipinski definition) is 6. The standard InChI is InChI=1S/C15H13IN2S.C15H14N2S.C14H11BrN2S.C14H11IN2S.C13H7BrINS.C8H9F.C7H5IO2.C6H6BrNS.6C4H9.CH5N.2CH4.2Sn/c1-18(2)12-6-3-10(4-7-12)15-17-13-8-5-11(16)9-14(13)19-15;1-10-3-8-13-14(9-10)18-15(17-13)11-4-6-12(16-2)7-5-11;2*1-16-11-5-2-9(3-6-11)14-17-12-7-4-10(15)8-13(12)18-14;14-9-3-6-11-12(7-9)17-13(16-11)8-1-4-10(15)5-2-8;1-2-7-3-5-8(9)6-4-7;8-6-1-3-7(4-2-6)10-5-9;7-4-1-2-5(8)6(9)3-4;6*1-3-4-2;1-2;;;;/h3-9H,1-2H3;3-9,16H,1-2H3;2*2-8,16H,1H3;1-7H;3-6H,2H2,1H3;1-5H;1-3,9H,8H2;6*1,3-4H2,2H3;2H2,1H3;2*1H4;;. The minimum absolute atomic E-state index is 0. The molecule has 18 aromatic rings. The zero-order valence-corrected chi connectivity index (χ0v) is 110. The number of unbranched alkanes of at least 4 members (excludes halogenated alkanes) is 6. The zero-order valence-electron chi connectivity index (χ0n) is 85.7. The normalized spacial score (nSPS) is 10.3. The zero-order chi connectivity index (χ0) is 106. The van der Waals surface area contributed by atoms with Gasteiger partial charge in [-0.1, -0.05) is 99.9 Å². The Balaban J connectivity index is 0.000000253. The number of carbonyl (C=O) groups excluding carboxylic acids is 1. The molecule has 0 saturated heterocycles. The summed E-state index contributed by atoms with van der Waals surface area (Å²) in [5.41, 5.74) is 28.9. The molecule has 0 spiro atoms. The van der Waals surface area contributed by atoms with Gasteiger partial charge in [0.05, 0.1) is 51.1 Å². The van der Waals surface area contributed by atoms with E-state index in [1.165, 1.54) is 170 Å². The second-order valence-corrected chi connectivity index (χ2v) is 64.4. The maximum atomic E-state index is 12.2. The van der Waals surface area contributed by atoms with Crippen LogP contribution in [0.4, 0.5) is 32.8 Å². The van der Waals surface area contributed by atoms with Gasteiger partial charge >= 0.3 is 185 Å². The molecule has 148 heavy (non-hydrogen) atoms. The van der Waals surface area contributed by atoms with Gasteiger partial charge in [0.25, 0.3) is 6.47 Å². The van der Waals surface area contributed by atoms with Crippen LogP contribution in [0.3, 0.4) is 0 Å². The summed E-state index contributed by atoms with van der Waals surface area (Å²) in [7, 11) is 11.4. The molecule has 0 saturated carbocycles. The largest absolute Gasteiger partial charge is 0.429 e. The van der Waals surface area contributed by atoms with Gasteiger partial charge in [-0.2, -0.15) is 0 Å². The molecule has 786 valence electrons. The van der Waals surface area contributed by atoms with E-state index >= 15 is 0 Å². The number of nitrogens with two attached hydrogens (primary N) is 2. The second-order valence-electron chi connectivity index (χ2n) is 33.9. The first kappa shape index (κ1) is 131. The first-order valence-corrected chi connectivity index (χ1v) is 72.6. The fourth-order valence-electron chi connectivity index (χ4n) is 14.2. The van der Waals surface area contributed by atoms with Gasteiger partial charge < -0.3 is 37.1 Å². The fraction of sp³-hybridized carbons (Fsp3) is 0.294. The molecule has 0 aliphatic heterocycles. The van der Waals surface area contributed by atoms with Crippen molar-refractivity contribution in [2.75, 3.05) is 68.9 Å². The number of ether oxygens (including phenoxy) is 1. The number of benzene rings is 13. The van der Waals surface area contributed by atoms with Gasteiger partial charge in [-0.05, 0) is 371 Å². The topological polar surface area (TPSA) is 182 Å². The van der Waals surface area contributed by atoms with Crippen molar-refractivity contribution in [1.82, 2.24) is 24.9 Å². The van der Waals surface area contributed by atoms with Crippen molar-refractivity contribution in [3.05, 3.63) is 324 Å². The van der Waals surface area contributed by atoms with E-state index in [-0.39, 0.29) is 20.7 Å². The SMILES string of the molecule is Brc1ccc2nc(-c3ccc(I)cc3)sc2c1.C.C.CCC[CH2][Sn]([CH2]CCC)[CH2]CCC.CCC[CH2][Sn]([CH2]CCC)[CH2]CCC.CCc1ccc(F)cc1.CN.CN(C)c1ccc(-c2nc3ccc(I)cc3s2)cc1.CNc1ccc(-c2nc3ccc(Br)cc3s2)cc1.CNc1ccc(-c2nc3ccc(C)cc3s2)cc1.CNc1ccc(-c2nc3ccc(I)cc3s2)cc1.Nc1ccc(Br)cc1S.O=COc1ccc(I)cc1. The summed E-state index contributed by atoms with van der Waals surface area (Å²) in [5, 5.41) is 14.7. The minimum Gasteiger partial charge on any atom is -0.429 e. The van der Waals surface area contributed by atoms with Crippen molar-refractivity contribution in [2.24, 2.45) is 5.73 Å². The quantitative estimate of drug-likeness (QED) is 0.00823. The average Bonchev–Trinajstić information content (AvgIpc) is 1.69. The number of nitrogens with zero attached hydrogens (tertiary/aromatic N) is 6. The number of thiazole rings is 5. The molecule has 0 bridgehead atoms. The van der Waals surface area contributed by atoms with Crippen LogP contribution < -0.4 is 37.1 Å². The monoisotopic (exact) mass is 2950 g/mol. The number of nitrogens with one attached hydrogen (secondary N) is 3. The molecule has 0 fully saturated rings. The van der Waals surface area contributed by atoms with E-state index in [0.717, 1.165) is 104 Å². The van der Waals surface area contributed by atoms with E-state index in [2.05, 4.69) is 453 Å². The number of aryl methyl sites for hydroxylation is 2. The smallest absolute Gasteiger partial charge is 0.298 e. The first-order chi connectivity index (χ1) is 70.7. The number of rotatable bonds is 30. The molecule has 0 atom stereocenters. The number of thiol groups is 1. The number of nitrogen functional groups attached to an aromatic ring is 1. The molecule has 5 heterocycles. The predicted molar refractivity (Wildman–Crippen MR) is 707 cm³/mol. The van der Waals surface area contributed by atoms with Crippen molar-refractivity contribution in [3.63, 3.8) is 0 Å². The van der Waals surface area contributed by atoms with Gasteiger partial charge in [-0.15, -0.1) is 69.3 Å². The van der Waals surface area contributed by atoms with Gasteiger partial charge in [0.1, 0.15) is 36.6 Å². The van der Waals surface area contributed by atoms with Gasteiger partial charge in [-0.25, -0.2) is 29.3 Å². The van der Waals surface area contributed by atoms with Crippen LogP contribution in [-0.2, 0) is 11.2 Å². The summed E-state index contributed by atoms with van der Waals surface area (Å²) in [5.74, 6) is 0.419. The summed E-state index contributed by atoms with van der Waals surface area (Å²) in [6.45, 7) is 18.6. The maximum Gasteiger partial charge on any atom is 0.298 e. The molecule has 29 heteroatoms. The maximum absolute atomic E-state index is 12.2. The molecule has 2 radical (unpaired) electrons. The molecule has 0 amide bonds. The summed E-state index contributed by atoms with van der Waals surface area (Å²) < 4.78 is 41.1. The molecule has 13 nitrogen and oxygen atoms in total. The van der Waals surface area contributed by atoms with Crippen LogP contribution in [0.1, 0.15) is 151 Å². The average molecular weight is 2960 g/mol. The van der Waals surface area contributed by atoms with Gasteiger partial charge in [0.2, 0.25) is 0 Å². The molecular formula is C119H143Br3FI4N11O2S6Sn2. The number of aromatic nitrogens is 5. The molecule has 13 aromatic carbocycles. The van der Waals surface area contributed by atoms with Crippen LogP contribution in [0, 0.1) is 27.0 Å². The van der Waals surface area contributed by atoms with Gasteiger partial charge in [0, 0.05) is 124 Å².